The molecule has 0 saturated carbocycles. The van der Waals surface area contributed by atoms with Gasteiger partial charge < -0.3 is 14.4 Å². The summed E-state index contributed by atoms with van der Waals surface area (Å²) < 4.78 is 11.3. The predicted molar refractivity (Wildman–Crippen MR) is 117 cm³/mol. The topological polar surface area (TPSA) is 59.1 Å². The molecule has 1 aromatic rings. The Balaban J connectivity index is 1.25. The Kier molecular flexibility index (Phi) is 6.40. The number of carbonyl (C=O) groups excluding carboxylic acids is 2. The van der Waals surface area contributed by atoms with Gasteiger partial charge in [-0.2, -0.15) is 0 Å². The van der Waals surface area contributed by atoms with E-state index in [4.69, 9.17) is 21.7 Å². The van der Waals surface area contributed by atoms with Crippen LogP contribution in [0.2, 0.25) is 0 Å². The summed E-state index contributed by atoms with van der Waals surface area (Å²) in [6.45, 7) is 2.64. The lowest BCUT2D eigenvalue weighted by atomic mass is 10.1. The van der Waals surface area contributed by atoms with Crippen molar-refractivity contribution in [2.24, 2.45) is 0 Å². The molecule has 3 aliphatic rings. The minimum Gasteiger partial charge on any atom is -0.454 e. The fraction of sp³-hybridized carbons (Fsp3) is 0.476. The highest BCUT2D eigenvalue weighted by molar-refractivity contribution is 8.26. The maximum Gasteiger partial charge on any atom is 0.266 e. The van der Waals surface area contributed by atoms with Gasteiger partial charge in [-0.15, -0.1) is 0 Å². The van der Waals surface area contributed by atoms with E-state index in [2.05, 4.69) is 0 Å². The van der Waals surface area contributed by atoms with Gasteiger partial charge in [0, 0.05) is 26.1 Å². The Morgan fingerprint density at radius 3 is 2.76 bits per heavy atom. The molecule has 3 heterocycles. The zero-order valence-electron chi connectivity index (χ0n) is 16.2. The fourth-order valence-electron chi connectivity index (χ4n) is 3.69. The molecule has 2 amide bonds. The van der Waals surface area contributed by atoms with Gasteiger partial charge in [-0.1, -0.05) is 36.5 Å². The van der Waals surface area contributed by atoms with E-state index >= 15 is 0 Å². The average Bonchev–Trinajstić information content (AvgIpc) is 3.45. The SMILES string of the molecule is O=C(CCCCCN1C(=O)/C(=C/c2ccc3c(c2)OCO3)SC1=S)N1CCCC1. The van der Waals surface area contributed by atoms with Crippen LogP contribution in [0.3, 0.4) is 0 Å². The van der Waals surface area contributed by atoms with E-state index in [0.717, 1.165) is 56.5 Å². The third-order valence-corrected chi connectivity index (χ3v) is 6.68. The van der Waals surface area contributed by atoms with Gasteiger partial charge in [-0.3, -0.25) is 14.5 Å². The monoisotopic (exact) mass is 432 g/mol. The van der Waals surface area contributed by atoms with Gasteiger partial charge in [-0.05, 0) is 49.5 Å². The van der Waals surface area contributed by atoms with Crippen molar-refractivity contribution < 1.29 is 19.1 Å². The minimum atomic E-state index is -0.0502. The van der Waals surface area contributed by atoms with E-state index in [0.29, 0.717) is 27.9 Å². The van der Waals surface area contributed by atoms with Crippen molar-refractivity contribution in [3.05, 3.63) is 28.7 Å². The van der Waals surface area contributed by atoms with E-state index in [-0.39, 0.29) is 18.6 Å². The number of hydrogen-bond acceptors (Lipinski definition) is 6. The molecule has 0 atom stereocenters. The molecule has 0 radical (unpaired) electrons. The van der Waals surface area contributed by atoms with Crippen LogP contribution in [0.1, 0.15) is 44.1 Å². The molecule has 2 fully saturated rings. The zero-order valence-corrected chi connectivity index (χ0v) is 17.9. The highest BCUT2D eigenvalue weighted by Crippen LogP contribution is 2.36. The Hall–Kier alpha value is -2.06. The van der Waals surface area contributed by atoms with Crippen LogP contribution in [0.4, 0.5) is 0 Å². The van der Waals surface area contributed by atoms with Crippen LogP contribution < -0.4 is 9.47 Å². The van der Waals surface area contributed by atoms with Crippen molar-refractivity contribution >= 4 is 46.2 Å². The lowest BCUT2D eigenvalue weighted by molar-refractivity contribution is -0.130. The third-order valence-electron chi connectivity index (χ3n) is 5.30. The van der Waals surface area contributed by atoms with Gasteiger partial charge in [0.15, 0.2) is 11.5 Å². The highest BCUT2D eigenvalue weighted by atomic mass is 32.2. The number of hydrogen-bond donors (Lipinski definition) is 0. The number of thiocarbonyl (C=S) groups is 1. The highest BCUT2D eigenvalue weighted by Gasteiger charge is 2.31. The second-order valence-corrected chi connectivity index (χ2v) is 9.02. The van der Waals surface area contributed by atoms with Crippen molar-refractivity contribution in [1.82, 2.24) is 9.80 Å². The number of unbranched alkanes of at least 4 members (excludes halogenated alkanes) is 2. The fourth-order valence-corrected chi connectivity index (χ4v) is 5.00. The Bertz CT molecular complexity index is 849. The van der Waals surface area contributed by atoms with E-state index < -0.39 is 0 Å². The van der Waals surface area contributed by atoms with Crippen LogP contribution in [0.5, 0.6) is 11.5 Å². The molecule has 0 N–H and O–H groups in total. The quantitative estimate of drug-likeness (QED) is 0.371. The first kappa shape index (κ1) is 20.2. The number of rotatable bonds is 7. The van der Waals surface area contributed by atoms with E-state index in [1.165, 1.54) is 11.8 Å². The van der Waals surface area contributed by atoms with Crippen molar-refractivity contribution in [2.45, 2.75) is 38.5 Å². The normalized spacial score (nSPS) is 19.7. The van der Waals surface area contributed by atoms with Crippen molar-refractivity contribution in [2.75, 3.05) is 26.4 Å². The molecule has 0 bridgehead atoms. The van der Waals surface area contributed by atoms with Crippen LogP contribution in [0.25, 0.3) is 6.08 Å². The Labute approximate surface area is 180 Å². The molecule has 0 aliphatic carbocycles. The van der Waals surface area contributed by atoms with Crippen molar-refractivity contribution in [1.29, 1.82) is 0 Å². The summed E-state index contributed by atoms with van der Waals surface area (Å²) in [5, 5.41) is 0. The number of fused-ring (bicyclic) bond motifs is 1. The number of nitrogens with zero attached hydrogens (tertiary/aromatic N) is 2. The average molecular weight is 433 g/mol. The van der Waals surface area contributed by atoms with Crippen molar-refractivity contribution in [3.8, 4) is 11.5 Å². The molecule has 0 unspecified atom stereocenters. The summed E-state index contributed by atoms with van der Waals surface area (Å²) >= 11 is 6.74. The maximum absolute atomic E-state index is 12.7. The molecular weight excluding hydrogens is 408 g/mol. The van der Waals surface area contributed by atoms with Gasteiger partial charge >= 0.3 is 0 Å². The molecular formula is C21H24N2O4S2. The van der Waals surface area contributed by atoms with Crippen molar-refractivity contribution in [3.63, 3.8) is 0 Å². The lowest BCUT2D eigenvalue weighted by Gasteiger charge is -2.16. The number of amides is 2. The summed E-state index contributed by atoms with van der Waals surface area (Å²) in [5.74, 6) is 1.63. The molecule has 0 spiro atoms. The van der Waals surface area contributed by atoms with Gasteiger partial charge in [0.1, 0.15) is 4.32 Å². The van der Waals surface area contributed by atoms with Crippen LogP contribution in [-0.4, -0.2) is 52.4 Å². The molecule has 154 valence electrons. The minimum absolute atomic E-state index is 0.0502. The summed E-state index contributed by atoms with van der Waals surface area (Å²) in [6, 6.07) is 5.61. The molecule has 3 aliphatic heterocycles. The number of likely N-dealkylation sites (tertiary alicyclic amines) is 1. The molecule has 2 saturated heterocycles. The first-order valence-corrected chi connectivity index (χ1v) is 11.3. The van der Waals surface area contributed by atoms with Crippen LogP contribution in [0.15, 0.2) is 23.1 Å². The number of carbonyl (C=O) groups is 2. The molecule has 4 rings (SSSR count). The van der Waals surface area contributed by atoms with E-state index in [1.807, 2.05) is 29.2 Å². The standard InChI is InChI=1S/C21H24N2O4S2/c24-19(22-9-4-5-10-22)6-2-1-3-11-23-20(25)18(29-21(23)28)13-15-7-8-16-17(12-15)27-14-26-16/h7-8,12-13H,1-6,9-11,14H2/b18-13-. The van der Waals surface area contributed by atoms with Crippen LogP contribution in [0, 0.1) is 0 Å². The predicted octanol–water partition coefficient (Wildman–Crippen LogP) is 3.80. The zero-order chi connectivity index (χ0) is 20.2. The van der Waals surface area contributed by atoms with Gasteiger partial charge in [0.25, 0.3) is 5.91 Å². The molecule has 29 heavy (non-hydrogen) atoms. The van der Waals surface area contributed by atoms with Gasteiger partial charge in [-0.25, -0.2) is 0 Å². The van der Waals surface area contributed by atoms with E-state index in [9.17, 15) is 9.59 Å². The molecule has 1 aromatic carbocycles. The van der Waals surface area contributed by atoms with Crippen LogP contribution in [-0.2, 0) is 9.59 Å². The number of benzene rings is 1. The Morgan fingerprint density at radius 1 is 1.14 bits per heavy atom. The smallest absolute Gasteiger partial charge is 0.266 e. The molecule has 0 aromatic heterocycles. The molecule has 6 nitrogen and oxygen atoms in total. The summed E-state index contributed by atoms with van der Waals surface area (Å²) in [6.07, 6.45) is 7.31. The number of thioether (sulfide) groups is 1. The summed E-state index contributed by atoms with van der Waals surface area (Å²) in [4.78, 5) is 29.1. The Morgan fingerprint density at radius 2 is 1.93 bits per heavy atom. The van der Waals surface area contributed by atoms with E-state index in [1.54, 1.807) is 4.90 Å². The summed E-state index contributed by atoms with van der Waals surface area (Å²) in [7, 11) is 0. The largest absolute Gasteiger partial charge is 0.454 e. The van der Waals surface area contributed by atoms with Gasteiger partial charge in [0.2, 0.25) is 12.7 Å². The number of ether oxygens (including phenoxy) is 2. The maximum atomic E-state index is 12.7. The summed E-state index contributed by atoms with van der Waals surface area (Å²) in [5.41, 5.74) is 0.884. The third kappa shape index (κ3) is 4.75. The first-order chi connectivity index (χ1) is 14.1. The van der Waals surface area contributed by atoms with Gasteiger partial charge in [0.05, 0.1) is 4.91 Å². The second kappa shape index (κ2) is 9.17. The van der Waals surface area contributed by atoms with Crippen LogP contribution >= 0.6 is 24.0 Å². The lowest BCUT2D eigenvalue weighted by Crippen LogP contribution is -2.29. The molecule has 8 heteroatoms. The first-order valence-electron chi connectivity index (χ1n) is 10.0. The second-order valence-electron chi connectivity index (χ2n) is 7.34.